The van der Waals surface area contributed by atoms with Gasteiger partial charge < -0.3 is 5.43 Å². The molecule has 3 nitrogen and oxygen atoms in total. The second-order valence-corrected chi connectivity index (χ2v) is 2.65. The van der Waals surface area contributed by atoms with Gasteiger partial charge in [0.25, 0.3) is 0 Å². The van der Waals surface area contributed by atoms with Crippen LogP contribution in [-0.2, 0) is 0 Å². The first-order chi connectivity index (χ1) is 5.45. The van der Waals surface area contributed by atoms with Gasteiger partial charge in [0.2, 0.25) is 0 Å². The van der Waals surface area contributed by atoms with Gasteiger partial charge in [-0.15, -0.1) is 0 Å². The van der Waals surface area contributed by atoms with Crippen molar-refractivity contribution in [2.45, 2.75) is 18.6 Å². The smallest absolute Gasteiger partial charge is 0.307 e. The lowest BCUT2D eigenvalue weighted by Gasteiger charge is -2.20. The molecule has 1 atom stereocenters. The molecule has 1 heterocycles. The van der Waals surface area contributed by atoms with E-state index in [1.165, 1.54) is 14.1 Å². The van der Waals surface area contributed by atoms with Gasteiger partial charge in [-0.2, -0.15) is 13.2 Å². The van der Waals surface area contributed by atoms with Crippen molar-refractivity contribution in [3.63, 3.8) is 0 Å². The van der Waals surface area contributed by atoms with Crippen LogP contribution in [0.4, 0.5) is 13.2 Å². The summed E-state index contributed by atoms with van der Waals surface area (Å²) in [5.74, 6) is 0.375. The molecule has 0 spiro atoms. The fourth-order valence-electron chi connectivity index (χ4n) is 1.12. The van der Waals surface area contributed by atoms with Gasteiger partial charge in [-0.3, -0.25) is 4.99 Å². The number of hydrogen-bond donors (Lipinski definition) is 1. The molecule has 70 valence electrons. The Kier molecular flexibility index (Phi) is 2.27. The molecule has 0 aromatic rings. The van der Waals surface area contributed by atoms with Gasteiger partial charge in [0.15, 0.2) is 0 Å². The Morgan fingerprint density at radius 3 is 2.42 bits per heavy atom. The van der Waals surface area contributed by atoms with Crippen LogP contribution in [0.2, 0.25) is 0 Å². The van der Waals surface area contributed by atoms with Crippen molar-refractivity contribution in [3.8, 4) is 0 Å². The highest BCUT2D eigenvalue weighted by Gasteiger charge is 2.46. The van der Waals surface area contributed by atoms with Gasteiger partial charge in [0, 0.05) is 20.5 Å². The van der Waals surface area contributed by atoms with Gasteiger partial charge in [-0.05, 0) is 0 Å². The van der Waals surface area contributed by atoms with Crippen LogP contribution in [0.5, 0.6) is 0 Å². The van der Waals surface area contributed by atoms with E-state index in [-0.39, 0.29) is 6.42 Å². The van der Waals surface area contributed by atoms with Crippen LogP contribution in [0.1, 0.15) is 6.42 Å². The van der Waals surface area contributed by atoms with Gasteiger partial charge in [0.1, 0.15) is 11.9 Å². The van der Waals surface area contributed by atoms with Crippen molar-refractivity contribution in [1.82, 2.24) is 10.4 Å². The highest BCUT2D eigenvalue weighted by molar-refractivity contribution is 5.84. The largest absolute Gasteiger partial charge is 0.406 e. The Morgan fingerprint density at radius 1 is 1.58 bits per heavy atom. The molecule has 12 heavy (non-hydrogen) atoms. The first kappa shape index (κ1) is 9.31. The third kappa shape index (κ3) is 1.69. The Morgan fingerprint density at radius 2 is 2.17 bits per heavy atom. The Bertz CT molecular complexity index is 199. The normalized spacial score (nSPS) is 29.4. The Balaban J connectivity index is 2.71. The van der Waals surface area contributed by atoms with Gasteiger partial charge >= 0.3 is 6.18 Å². The topological polar surface area (TPSA) is 27.6 Å². The van der Waals surface area contributed by atoms with Crippen molar-refractivity contribution in [2.24, 2.45) is 4.99 Å². The Labute approximate surface area is 68.2 Å². The zero-order valence-electron chi connectivity index (χ0n) is 6.81. The van der Waals surface area contributed by atoms with Crippen molar-refractivity contribution >= 4 is 5.84 Å². The number of amidine groups is 1. The standard InChI is InChI=1S/C6H10F3N3/c1-10-5-3-4(6(7,8)9)12(2)11-5/h4H,3H2,1-2H3,(H,10,11). The molecule has 1 aliphatic heterocycles. The maximum atomic E-state index is 12.2. The molecule has 1 unspecified atom stereocenters. The second-order valence-electron chi connectivity index (χ2n) is 2.65. The summed E-state index contributed by atoms with van der Waals surface area (Å²) in [7, 11) is 2.82. The lowest BCUT2D eigenvalue weighted by molar-refractivity contribution is -0.176. The highest BCUT2D eigenvalue weighted by atomic mass is 19.4. The highest BCUT2D eigenvalue weighted by Crippen LogP contribution is 2.28. The number of hydrazine groups is 1. The fraction of sp³-hybridized carbons (Fsp3) is 0.833. The fourth-order valence-corrected chi connectivity index (χ4v) is 1.12. The lowest BCUT2D eigenvalue weighted by atomic mass is 10.2. The quantitative estimate of drug-likeness (QED) is 0.598. The summed E-state index contributed by atoms with van der Waals surface area (Å²) in [6, 6.07) is -1.45. The summed E-state index contributed by atoms with van der Waals surface area (Å²) in [6.07, 6.45) is -4.27. The number of nitrogens with one attached hydrogen (secondary N) is 1. The predicted octanol–water partition coefficient (Wildman–Crippen LogP) is 0.786. The molecule has 1 rings (SSSR count). The Hall–Kier alpha value is -0.780. The van der Waals surface area contributed by atoms with E-state index in [1.807, 2.05) is 0 Å². The average molecular weight is 181 g/mol. The minimum absolute atomic E-state index is 0.0868. The number of nitrogens with zero attached hydrogens (tertiary/aromatic N) is 2. The lowest BCUT2D eigenvalue weighted by Crippen LogP contribution is -2.42. The molecular formula is C6H10F3N3. The maximum Gasteiger partial charge on any atom is 0.406 e. The second kappa shape index (κ2) is 2.93. The van der Waals surface area contributed by atoms with Crippen LogP contribution >= 0.6 is 0 Å². The zero-order chi connectivity index (χ0) is 9.35. The summed E-state index contributed by atoms with van der Waals surface area (Å²) < 4.78 is 36.6. The molecule has 1 fully saturated rings. The predicted molar refractivity (Wildman–Crippen MR) is 38.7 cm³/mol. The number of rotatable bonds is 0. The molecule has 0 bridgehead atoms. The summed E-state index contributed by atoms with van der Waals surface area (Å²) in [5, 5.41) is 1.03. The minimum Gasteiger partial charge on any atom is -0.307 e. The van der Waals surface area contributed by atoms with E-state index in [9.17, 15) is 13.2 Å². The summed E-state index contributed by atoms with van der Waals surface area (Å²) in [4.78, 5) is 3.67. The molecule has 0 radical (unpaired) electrons. The van der Waals surface area contributed by atoms with Gasteiger partial charge in [0.05, 0.1) is 0 Å². The first-order valence-corrected chi connectivity index (χ1v) is 3.47. The number of alkyl halides is 3. The molecule has 1 N–H and O–H groups in total. The van der Waals surface area contributed by atoms with Crippen LogP contribution in [0.15, 0.2) is 4.99 Å². The molecule has 0 aromatic heterocycles. The maximum absolute atomic E-state index is 12.2. The van der Waals surface area contributed by atoms with E-state index in [4.69, 9.17) is 0 Å². The summed E-state index contributed by atoms with van der Waals surface area (Å²) in [6.45, 7) is 0. The minimum atomic E-state index is -4.19. The van der Waals surface area contributed by atoms with E-state index in [1.54, 1.807) is 0 Å². The van der Waals surface area contributed by atoms with Crippen LogP contribution in [-0.4, -0.2) is 37.2 Å². The molecular weight excluding hydrogens is 171 g/mol. The van der Waals surface area contributed by atoms with Crippen LogP contribution < -0.4 is 5.43 Å². The monoisotopic (exact) mass is 181 g/mol. The SMILES string of the molecule is CN=C1CC(C(F)(F)F)N(C)N1. The molecule has 0 aromatic carbocycles. The summed E-state index contributed by atoms with van der Waals surface area (Å²) >= 11 is 0. The number of aliphatic imine (C=N–C) groups is 1. The molecule has 1 aliphatic rings. The molecule has 6 heteroatoms. The van der Waals surface area contributed by atoms with E-state index in [0.29, 0.717) is 5.84 Å². The van der Waals surface area contributed by atoms with E-state index < -0.39 is 12.2 Å². The van der Waals surface area contributed by atoms with E-state index in [2.05, 4.69) is 10.4 Å². The molecule has 0 amide bonds. The third-order valence-electron chi connectivity index (χ3n) is 1.81. The molecule has 1 saturated heterocycles. The van der Waals surface area contributed by atoms with E-state index >= 15 is 0 Å². The first-order valence-electron chi connectivity index (χ1n) is 3.47. The van der Waals surface area contributed by atoms with Crippen molar-refractivity contribution < 1.29 is 13.2 Å². The number of halogens is 3. The van der Waals surface area contributed by atoms with Crippen LogP contribution in [0, 0.1) is 0 Å². The van der Waals surface area contributed by atoms with Crippen LogP contribution in [0.25, 0.3) is 0 Å². The van der Waals surface area contributed by atoms with Crippen LogP contribution in [0.3, 0.4) is 0 Å². The molecule has 0 saturated carbocycles. The number of hydrogen-bond acceptors (Lipinski definition) is 2. The van der Waals surface area contributed by atoms with Gasteiger partial charge in [-0.1, -0.05) is 0 Å². The zero-order valence-corrected chi connectivity index (χ0v) is 6.81. The van der Waals surface area contributed by atoms with Crippen molar-refractivity contribution in [1.29, 1.82) is 0 Å². The summed E-state index contributed by atoms with van der Waals surface area (Å²) in [5.41, 5.74) is 2.52. The van der Waals surface area contributed by atoms with E-state index in [0.717, 1.165) is 5.01 Å². The van der Waals surface area contributed by atoms with Gasteiger partial charge in [-0.25, -0.2) is 5.01 Å². The average Bonchev–Trinajstić information content (AvgIpc) is 2.29. The third-order valence-corrected chi connectivity index (χ3v) is 1.81. The molecule has 0 aliphatic carbocycles. The van der Waals surface area contributed by atoms with Crippen molar-refractivity contribution in [2.75, 3.05) is 14.1 Å². The van der Waals surface area contributed by atoms with Crippen molar-refractivity contribution in [3.05, 3.63) is 0 Å².